The fraction of sp³-hybridized carbons (Fsp3) is 0.600. The smallest absolute Gasteiger partial charge is 0.339 e. The van der Waals surface area contributed by atoms with E-state index in [1.165, 1.54) is 12.8 Å². The van der Waals surface area contributed by atoms with Crippen molar-refractivity contribution in [3.63, 3.8) is 0 Å². The van der Waals surface area contributed by atoms with Crippen molar-refractivity contribution in [2.45, 2.75) is 59.8 Å². The zero-order chi connectivity index (χ0) is 18.0. The SMILES string of the molecule is CCCCCCCOC(=O)c1ccccc1C(=O)OCC(C)(C)C. The van der Waals surface area contributed by atoms with Crippen molar-refractivity contribution >= 4 is 11.9 Å². The number of esters is 2. The van der Waals surface area contributed by atoms with Gasteiger partial charge in [-0.25, -0.2) is 9.59 Å². The number of ether oxygens (including phenoxy) is 2. The van der Waals surface area contributed by atoms with Crippen LogP contribution in [-0.4, -0.2) is 25.2 Å². The summed E-state index contributed by atoms with van der Waals surface area (Å²) in [5, 5.41) is 0. The molecule has 0 bridgehead atoms. The van der Waals surface area contributed by atoms with Crippen molar-refractivity contribution in [1.82, 2.24) is 0 Å². The number of carbonyl (C=O) groups excluding carboxylic acids is 2. The maximum atomic E-state index is 12.2. The highest BCUT2D eigenvalue weighted by molar-refractivity contribution is 6.03. The lowest BCUT2D eigenvalue weighted by Crippen LogP contribution is -2.20. The van der Waals surface area contributed by atoms with E-state index in [4.69, 9.17) is 9.47 Å². The average molecular weight is 334 g/mol. The van der Waals surface area contributed by atoms with Gasteiger partial charge in [0.1, 0.15) is 0 Å². The van der Waals surface area contributed by atoms with Crippen LogP contribution in [0, 0.1) is 5.41 Å². The first-order valence-electron chi connectivity index (χ1n) is 8.78. The predicted octanol–water partition coefficient (Wildman–Crippen LogP) is 5.02. The van der Waals surface area contributed by atoms with E-state index in [1.807, 2.05) is 20.8 Å². The minimum Gasteiger partial charge on any atom is -0.462 e. The molecule has 1 aromatic rings. The second-order valence-electron chi connectivity index (χ2n) is 7.23. The number of unbranched alkanes of at least 4 members (excludes halogenated alkanes) is 4. The van der Waals surface area contributed by atoms with E-state index in [2.05, 4.69) is 6.92 Å². The molecule has 0 radical (unpaired) electrons. The highest BCUT2D eigenvalue weighted by Crippen LogP contribution is 2.17. The Morgan fingerprint density at radius 1 is 0.875 bits per heavy atom. The standard InChI is InChI=1S/C20H30O4/c1-5-6-7-8-11-14-23-18(21)16-12-9-10-13-17(16)19(22)24-15-20(2,3)4/h9-10,12-13H,5-8,11,14-15H2,1-4H3. The summed E-state index contributed by atoms with van der Waals surface area (Å²) in [5.41, 5.74) is 0.409. The van der Waals surface area contributed by atoms with Crippen LogP contribution >= 0.6 is 0 Å². The molecule has 0 aliphatic heterocycles. The van der Waals surface area contributed by atoms with E-state index < -0.39 is 11.9 Å². The molecule has 24 heavy (non-hydrogen) atoms. The topological polar surface area (TPSA) is 52.6 Å². The third-order valence-corrected chi connectivity index (χ3v) is 3.48. The Labute approximate surface area is 145 Å². The van der Waals surface area contributed by atoms with Crippen molar-refractivity contribution in [3.8, 4) is 0 Å². The van der Waals surface area contributed by atoms with E-state index in [9.17, 15) is 9.59 Å². The Bertz CT molecular complexity index is 529. The van der Waals surface area contributed by atoms with Crippen molar-refractivity contribution < 1.29 is 19.1 Å². The summed E-state index contributed by atoms with van der Waals surface area (Å²) in [6.45, 7) is 8.80. The van der Waals surface area contributed by atoms with E-state index in [0.29, 0.717) is 13.2 Å². The fourth-order valence-electron chi connectivity index (χ4n) is 2.15. The molecule has 0 aromatic heterocycles. The minimum atomic E-state index is -0.486. The Balaban J connectivity index is 2.58. The third-order valence-electron chi connectivity index (χ3n) is 3.48. The molecule has 0 aliphatic carbocycles. The fourth-order valence-corrected chi connectivity index (χ4v) is 2.15. The Morgan fingerprint density at radius 3 is 1.96 bits per heavy atom. The van der Waals surface area contributed by atoms with Crippen molar-refractivity contribution in [1.29, 1.82) is 0 Å². The van der Waals surface area contributed by atoms with Gasteiger partial charge < -0.3 is 9.47 Å². The van der Waals surface area contributed by atoms with Crippen LogP contribution in [0.4, 0.5) is 0 Å². The van der Waals surface area contributed by atoms with Crippen LogP contribution in [0.2, 0.25) is 0 Å². The summed E-state index contributed by atoms with van der Waals surface area (Å²) >= 11 is 0. The molecule has 4 heteroatoms. The highest BCUT2D eigenvalue weighted by atomic mass is 16.5. The lowest BCUT2D eigenvalue weighted by Gasteiger charge is -2.18. The van der Waals surface area contributed by atoms with E-state index in [1.54, 1.807) is 24.3 Å². The van der Waals surface area contributed by atoms with Gasteiger partial charge in [0, 0.05) is 0 Å². The van der Waals surface area contributed by atoms with Crippen molar-refractivity contribution in [2.75, 3.05) is 13.2 Å². The molecule has 0 aliphatic rings. The summed E-state index contributed by atoms with van der Waals surface area (Å²) in [4.78, 5) is 24.5. The van der Waals surface area contributed by atoms with Gasteiger partial charge in [-0.15, -0.1) is 0 Å². The van der Waals surface area contributed by atoms with E-state index >= 15 is 0 Å². The van der Waals surface area contributed by atoms with Gasteiger partial charge in [-0.05, 0) is 24.0 Å². The molecule has 0 saturated carbocycles. The number of benzene rings is 1. The Kier molecular flexibility index (Phi) is 8.51. The molecule has 0 heterocycles. The summed E-state index contributed by atoms with van der Waals surface area (Å²) in [7, 11) is 0. The maximum absolute atomic E-state index is 12.2. The third kappa shape index (κ3) is 7.62. The van der Waals surface area contributed by atoms with Crippen LogP contribution in [-0.2, 0) is 9.47 Å². The molecule has 1 rings (SSSR count). The Morgan fingerprint density at radius 2 is 1.42 bits per heavy atom. The van der Waals surface area contributed by atoms with Crippen LogP contribution < -0.4 is 0 Å². The number of carbonyl (C=O) groups is 2. The number of hydrogen-bond acceptors (Lipinski definition) is 4. The first-order valence-corrected chi connectivity index (χ1v) is 8.78. The van der Waals surface area contributed by atoms with E-state index in [-0.39, 0.29) is 16.5 Å². The zero-order valence-corrected chi connectivity index (χ0v) is 15.4. The molecule has 0 amide bonds. The lowest BCUT2D eigenvalue weighted by molar-refractivity contribution is 0.0352. The first-order chi connectivity index (χ1) is 11.3. The summed E-state index contributed by atoms with van der Waals surface area (Å²) in [5.74, 6) is -0.950. The molecule has 0 atom stereocenters. The summed E-state index contributed by atoms with van der Waals surface area (Å²) < 4.78 is 10.6. The molecule has 1 aromatic carbocycles. The molecule has 0 unspecified atom stereocenters. The second-order valence-corrected chi connectivity index (χ2v) is 7.23. The summed E-state index contributed by atoms with van der Waals surface area (Å²) in [6.07, 6.45) is 5.45. The monoisotopic (exact) mass is 334 g/mol. The zero-order valence-electron chi connectivity index (χ0n) is 15.4. The number of rotatable bonds is 9. The molecule has 4 nitrogen and oxygen atoms in total. The van der Waals surface area contributed by atoms with Crippen LogP contribution in [0.5, 0.6) is 0 Å². The lowest BCUT2D eigenvalue weighted by atomic mass is 9.98. The molecule has 0 saturated heterocycles. The van der Waals surface area contributed by atoms with Crippen LogP contribution in [0.1, 0.15) is 80.5 Å². The van der Waals surface area contributed by atoms with Gasteiger partial charge in [0.05, 0.1) is 24.3 Å². The molecule has 0 fully saturated rings. The Hall–Kier alpha value is -1.84. The van der Waals surface area contributed by atoms with Gasteiger partial charge in [-0.3, -0.25) is 0 Å². The van der Waals surface area contributed by atoms with Crippen LogP contribution in [0.15, 0.2) is 24.3 Å². The van der Waals surface area contributed by atoms with Gasteiger partial charge in [-0.1, -0.05) is 65.5 Å². The summed E-state index contributed by atoms with van der Waals surface area (Å²) in [6, 6.07) is 6.64. The van der Waals surface area contributed by atoms with Crippen molar-refractivity contribution in [2.24, 2.45) is 5.41 Å². The molecule has 0 N–H and O–H groups in total. The molecule has 134 valence electrons. The van der Waals surface area contributed by atoms with Gasteiger partial charge in [0.25, 0.3) is 0 Å². The molecular weight excluding hydrogens is 304 g/mol. The van der Waals surface area contributed by atoms with Crippen molar-refractivity contribution in [3.05, 3.63) is 35.4 Å². The van der Waals surface area contributed by atoms with Gasteiger partial charge in [-0.2, -0.15) is 0 Å². The highest BCUT2D eigenvalue weighted by Gasteiger charge is 2.21. The quantitative estimate of drug-likeness (QED) is 0.470. The molecule has 0 spiro atoms. The van der Waals surface area contributed by atoms with Gasteiger partial charge in [0.2, 0.25) is 0 Å². The van der Waals surface area contributed by atoms with Gasteiger partial charge in [0.15, 0.2) is 0 Å². The minimum absolute atomic E-state index is 0.121. The largest absolute Gasteiger partial charge is 0.462 e. The second kappa shape index (κ2) is 10.1. The van der Waals surface area contributed by atoms with Crippen LogP contribution in [0.25, 0.3) is 0 Å². The number of hydrogen-bond donors (Lipinski definition) is 0. The van der Waals surface area contributed by atoms with E-state index in [0.717, 1.165) is 19.3 Å². The first kappa shape index (κ1) is 20.2. The normalized spacial score (nSPS) is 11.2. The average Bonchev–Trinajstić information content (AvgIpc) is 2.55. The van der Waals surface area contributed by atoms with Gasteiger partial charge >= 0.3 is 11.9 Å². The molecular formula is C20H30O4. The maximum Gasteiger partial charge on any atom is 0.339 e. The predicted molar refractivity (Wildman–Crippen MR) is 95.2 cm³/mol. The van der Waals surface area contributed by atoms with Crippen LogP contribution in [0.3, 0.4) is 0 Å².